The minimum Gasteiger partial charge on any atom is -0.494 e. The van der Waals surface area contributed by atoms with Crippen LogP contribution in [0.25, 0.3) is 33.1 Å². The molecule has 0 N–H and O–H groups in total. The summed E-state index contributed by atoms with van der Waals surface area (Å²) in [7, 11) is 7.75. The quantitative estimate of drug-likeness (QED) is 0.326. The van der Waals surface area contributed by atoms with Crippen molar-refractivity contribution in [3.63, 3.8) is 0 Å². The number of fused-ring (bicyclic) bond motifs is 3. The van der Waals surface area contributed by atoms with Crippen LogP contribution in [0.1, 0.15) is 38.1 Å². The molecule has 5 rings (SSSR count). The Hall–Kier alpha value is -3.16. The molecule has 7 nitrogen and oxygen atoms in total. The monoisotopic (exact) mass is 488 g/mol. The summed E-state index contributed by atoms with van der Waals surface area (Å²) < 4.78 is 15.3. The molecule has 0 unspecified atom stereocenters. The van der Waals surface area contributed by atoms with Gasteiger partial charge < -0.3 is 14.4 Å². The smallest absolute Gasteiger partial charge is 0.329 e. The van der Waals surface area contributed by atoms with Gasteiger partial charge in [0.25, 0.3) is 0 Å². The minimum absolute atomic E-state index is 0.0159. The molecule has 2 aromatic heterocycles. The molecule has 2 heterocycles. The van der Waals surface area contributed by atoms with Gasteiger partial charge in [0.1, 0.15) is 5.75 Å². The standard InChI is InChI=1S/C29H36N4O3/c1-31(2)15-6-16-36-23-12-9-20(10-13-23)21-11-14-26-25(17-21)28-27(19-30-26)32(3)29(34)33(28)22-7-5-8-24(18-22)35-4/h9-14,17,19,22,24H,5-8,15-16,18H2,1-4H3/t22-,24+/m0/s1. The van der Waals surface area contributed by atoms with Crippen LogP contribution in [0.5, 0.6) is 5.75 Å². The maximum absolute atomic E-state index is 13.4. The SMILES string of the molecule is CO[C@@H]1CCC[C@H](n2c(=O)n(C)c3cnc4ccc(-c5ccc(OCCCN(C)C)cc5)cc4c32)C1. The highest BCUT2D eigenvalue weighted by Gasteiger charge is 2.27. The molecule has 4 aromatic rings. The second kappa shape index (κ2) is 10.4. The van der Waals surface area contributed by atoms with Crippen LogP contribution in [-0.4, -0.2) is 59.5 Å². The Morgan fingerprint density at radius 3 is 2.61 bits per heavy atom. The van der Waals surface area contributed by atoms with Gasteiger partial charge in [-0.25, -0.2) is 4.79 Å². The molecule has 190 valence electrons. The second-order valence-electron chi connectivity index (χ2n) is 10.1. The molecule has 1 fully saturated rings. The maximum Gasteiger partial charge on any atom is 0.329 e. The predicted octanol–water partition coefficient (Wildman–Crippen LogP) is 5.02. The van der Waals surface area contributed by atoms with Crippen molar-refractivity contribution in [3.05, 3.63) is 59.1 Å². The van der Waals surface area contributed by atoms with Crippen molar-refractivity contribution in [1.82, 2.24) is 19.0 Å². The van der Waals surface area contributed by atoms with Crippen LogP contribution in [0.15, 0.2) is 53.5 Å². The molecule has 0 spiro atoms. The van der Waals surface area contributed by atoms with Crippen LogP contribution >= 0.6 is 0 Å². The summed E-state index contributed by atoms with van der Waals surface area (Å²) in [5.74, 6) is 0.879. The van der Waals surface area contributed by atoms with E-state index in [4.69, 9.17) is 9.47 Å². The number of aromatic nitrogens is 3. The van der Waals surface area contributed by atoms with Crippen LogP contribution in [0.4, 0.5) is 0 Å². The molecule has 1 aliphatic rings. The largest absolute Gasteiger partial charge is 0.494 e. The van der Waals surface area contributed by atoms with E-state index in [1.165, 1.54) is 0 Å². The van der Waals surface area contributed by atoms with Gasteiger partial charge in [-0.3, -0.25) is 14.1 Å². The first-order valence-corrected chi connectivity index (χ1v) is 12.9. The molecule has 0 saturated heterocycles. The predicted molar refractivity (Wildman–Crippen MR) is 145 cm³/mol. The first-order valence-electron chi connectivity index (χ1n) is 12.9. The third-order valence-electron chi connectivity index (χ3n) is 7.42. The molecule has 0 radical (unpaired) electrons. The van der Waals surface area contributed by atoms with Crippen LogP contribution in [0.3, 0.4) is 0 Å². The Bertz CT molecular complexity index is 1400. The van der Waals surface area contributed by atoms with Gasteiger partial charge in [-0.15, -0.1) is 0 Å². The summed E-state index contributed by atoms with van der Waals surface area (Å²) in [5, 5.41) is 1.01. The number of ether oxygens (including phenoxy) is 2. The molecule has 1 aliphatic carbocycles. The van der Waals surface area contributed by atoms with Gasteiger partial charge in [0.05, 0.1) is 35.5 Å². The average molecular weight is 489 g/mol. The molecule has 36 heavy (non-hydrogen) atoms. The van der Waals surface area contributed by atoms with E-state index in [0.29, 0.717) is 6.61 Å². The molecule has 0 bridgehead atoms. The molecule has 1 saturated carbocycles. The first-order chi connectivity index (χ1) is 17.5. The number of pyridine rings is 1. The summed E-state index contributed by atoms with van der Waals surface area (Å²) >= 11 is 0. The summed E-state index contributed by atoms with van der Waals surface area (Å²) in [5.41, 5.74) is 4.95. The van der Waals surface area contributed by atoms with Crippen LogP contribution in [-0.2, 0) is 11.8 Å². The van der Waals surface area contributed by atoms with Crippen LogP contribution in [0, 0.1) is 0 Å². The third kappa shape index (κ3) is 4.77. The lowest BCUT2D eigenvalue weighted by Crippen LogP contribution is -2.31. The van der Waals surface area contributed by atoms with Gasteiger partial charge in [-0.05, 0) is 81.6 Å². The maximum atomic E-state index is 13.4. The van der Waals surface area contributed by atoms with Crippen LogP contribution in [0.2, 0.25) is 0 Å². The van der Waals surface area contributed by atoms with Gasteiger partial charge in [-0.1, -0.05) is 18.2 Å². The zero-order valence-electron chi connectivity index (χ0n) is 21.7. The van der Waals surface area contributed by atoms with E-state index in [1.54, 1.807) is 11.7 Å². The number of hydrogen-bond donors (Lipinski definition) is 0. The van der Waals surface area contributed by atoms with Gasteiger partial charge in [0, 0.05) is 32.1 Å². The highest BCUT2D eigenvalue weighted by atomic mass is 16.5. The van der Waals surface area contributed by atoms with Gasteiger partial charge in [-0.2, -0.15) is 0 Å². The lowest BCUT2D eigenvalue weighted by molar-refractivity contribution is 0.0531. The first kappa shape index (κ1) is 24.5. The molecule has 7 heteroatoms. The molecular weight excluding hydrogens is 452 g/mol. The number of imidazole rings is 1. The number of methoxy groups -OCH3 is 1. The van der Waals surface area contributed by atoms with Crippen molar-refractivity contribution in [1.29, 1.82) is 0 Å². The summed E-state index contributed by atoms with van der Waals surface area (Å²) in [4.78, 5) is 20.2. The van der Waals surface area contributed by atoms with Gasteiger partial charge in [0.15, 0.2) is 0 Å². The minimum atomic E-state index is 0.0159. The summed E-state index contributed by atoms with van der Waals surface area (Å²) in [6, 6.07) is 14.7. The van der Waals surface area contributed by atoms with Crippen molar-refractivity contribution < 1.29 is 9.47 Å². The highest BCUT2D eigenvalue weighted by Crippen LogP contribution is 2.35. The van der Waals surface area contributed by atoms with Gasteiger partial charge >= 0.3 is 5.69 Å². The molecular formula is C29H36N4O3. The lowest BCUT2D eigenvalue weighted by atomic mass is 9.92. The second-order valence-corrected chi connectivity index (χ2v) is 10.1. The lowest BCUT2D eigenvalue weighted by Gasteiger charge is -2.29. The normalized spacial score (nSPS) is 18.4. The van der Waals surface area contributed by atoms with E-state index in [9.17, 15) is 4.79 Å². The molecule has 0 amide bonds. The van der Waals surface area contributed by atoms with E-state index in [1.807, 2.05) is 29.9 Å². The average Bonchev–Trinajstić information content (AvgIpc) is 3.16. The van der Waals surface area contributed by atoms with E-state index < -0.39 is 0 Å². The summed E-state index contributed by atoms with van der Waals surface area (Å²) in [6.07, 6.45) is 6.96. The number of benzene rings is 2. The van der Waals surface area contributed by atoms with Crippen molar-refractivity contribution >= 4 is 21.9 Å². The van der Waals surface area contributed by atoms with E-state index in [-0.39, 0.29) is 17.8 Å². The number of rotatable bonds is 8. The highest BCUT2D eigenvalue weighted by molar-refractivity contribution is 6.04. The van der Waals surface area contributed by atoms with Crippen LogP contribution < -0.4 is 10.4 Å². The van der Waals surface area contributed by atoms with Crippen molar-refractivity contribution in [2.45, 2.75) is 44.2 Å². The van der Waals surface area contributed by atoms with Crippen molar-refractivity contribution in [2.24, 2.45) is 7.05 Å². The fraction of sp³-hybridized carbons (Fsp3) is 0.448. The Morgan fingerprint density at radius 1 is 1.08 bits per heavy atom. The zero-order valence-corrected chi connectivity index (χ0v) is 21.7. The molecule has 0 aliphatic heterocycles. The van der Waals surface area contributed by atoms with E-state index in [0.717, 1.165) is 77.5 Å². The number of nitrogens with zero attached hydrogens (tertiary/aromatic N) is 4. The van der Waals surface area contributed by atoms with Gasteiger partial charge in [0.2, 0.25) is 0 Å². The number of aryl methyl sites for hydroxylation is 1. The van der Waals surface area contributed by atoms with E-state index in [2.05, 4.69) is 54.3 Å². The molecule has 2 atom stereocenters. The fourth-order valence-electron chi connectivity index (χ4n) is 5.43. The zero-order chi connectivity index (χ0) is 25.2. The number of hydrogen-bond acceptors (Lipinski definition) is 5. The van der Waals surface area contributed by atoms with Crippen molar-refractivity contribution in [3.8, 4) is 16.9 Å². The fourth-order valence-corrected chi connectivity index (χ4v) is 5.43. The summed E-state index contributed by atoms with van der Waals surface area (Å²) in [6.45, 7) is 1.71. The molecule has 2 aromatic carbocycles. The topological polar surface area (TPSA) is 61.5 Å². The Balaban J connectivity index is 1.51. The Morgan fingerprint density at radius 2 is 1.86 bits per heavy atom. The Kier molecular flexibility index (Phi) is 7.12. The van der Waals surface area contributed by atoms with E-state index >= 15 is 0 Å². The van der Waals surface area contributed by atoms with Crippen molar-refractivity contribution in [2.75, 3.05) is 34.4 Å². The Labute approximate surface area is 212 Å². The third-order valence-corrected chi connectivity index (χ3v) is 7.42.